The molecule has 2 aromatic heterocycles. The van der Waals surface area contributed by atoms with Gasteiger partial charge in [-0.1, -0.05) is 72.3 Å². The van der Waals surface area contributed by atoms with Crippen molar-refractivity contribution < 1.29 is 32.5 Å². The van der Waals surface area contributed by atoms with E-state index in [1.807, 2.05) is 0 Å². The molecule has 3 N–H and O–H groups in total. The molecule has 3 aromatic carbocycles. The number of aromatic amines is 1. The minimum atomic E-state index is -4.83. The number of nitrogens with one attached hydrogen (secondary N) is 3. The number of ketones is 1. The number of nitro groups is 1. The van der Waals surface area contributed by atoms with Crippen LogP contribution in [0.25, 0.3) is 11.2 Å². The highest BCUT2D eigenvalue weighted by Crippen LogP contribution is 2.31. The number of benzene rings is 3. The third-order valence-corrected chi connectivity index (χ3v) is 9.75. The van der Waals surface area contributed by atoms with E-state index in [1.165, 1.54) is 6.33 Å². The quantitative estimate of drug-likeness (QED) is 0.107. The lowest BCUT2D eigenvalue weighted by Gasteiger charge is -2.31. The monoisotopic (exact) mass is 720 g/mol. The molecule has 50 heavy (non-hydrogen) atoms. The van der Waals surface area contributed by atoms with Gasteiger partial charge in [-0.05, 0) is 23.3 Å². The second kappa shape index (κ2) is 13.9. The van der Waals surface area contributed by atoms with E-state index < -0.39 is 80.1 Å². The minimum Gasteiger partial charge on any atom is -0.436 e. The zero-order valence-corrected chi connectivity index (χ0v) is 27.1. The first-order chi connectivity index (χ1) is 24.0. The summed E-state index contributed by atoms with van der Waals surface area (Å²) in [6.45, 7) is -1.52. The topological polar surface area (TPSA) is 229 Å². The SMILES string of the molecule is O=C(Nc1nc2nc[nH]c2c(=O)n1CC(=O)C1NCCN(S(=O)(=O)c2ccc(Cl)cc2[N+](=O)[O-])C1=O)OC(c1ccccc1)c1ccccc1. The number of Topliss-reactive ketones (excluding diaryl/α,β-unsaturated/α-hetero) is 1. The van der Waals surface area contributed by atoms with E-state index in [-0.39, 0.29) is 22.7 Å². The van der Waals surface area contributed by atoms with Crippen LogP contribution < -0.4 is 16.2 Å². The Bertz CT molecular complexity index is 2260. The number of anilines is 1. The van der Waals surface area contributed by atoms with Crippen LogP contribution in [0.3, 0.4) is 0 Å². The summed E-state index contributed by atoms with van der Waals surface area (Å²) >= 11 is 5.83. The smallest absolute Gasteiger partial charge is 0.414 e. The van der Waals surface area contributed by atoms with Gasteiger partial charge in [-0.25, -0.2) is 22.5 Å². The number of piperazine rings is 1. The van der Waals surface area contributed by atoms with Crippen LogP contribution in [0.5, 0.6) is 0 Å². The number of H-pyrrole nitrogens is 1. The second-order valence-electron chi connectivity index (χ2n) is 10.8. The molecule has 1 unspecified atom stereocenters. The first-order valence-electron chi connectivity index (χ1n) is 14.7. The van der Waals surface area contributed by atoms with E-state index in [0.717, 1.165) is 22.8 Å². The largest absolute Gasteiger partial charge is 0.436 e. The number of nitrogens with zero attached hydrogens (tertiary/aromatic N) is 5. The Balaban J connectivity index is 1.28. The van der Waals surface area contributed by atoms with E-state index in [2.05, 4.69) is 25.6 Å². The van der Waals surface area contributed by atoms with E-state index >= 15 is 0 Å². The number of amides is 2. The third kappa shape index (κ3) is 6.66. The molecule has 17 nitrogen and oxygen atoms in total. The molecule has 0 saturated carbocycles. The lowest BCUT2D eigenvalue weighted by atomic mass is 10.0. The van der Waals surface area contributed by atoms with Crippen LogP contribution >= 0.6 is 11.6 Å². The number of rotatable bonds is 10. The molecule has 1 aliphatic heterocycles. The predicted molar refractivity (Wildman–Crippen MR) is 177 cm³/mol. The third-order valence-electron chi connectivity index (χ3n) is 7.67. The summed E-state index contributed by atoms with van der Waals surface area (Å²) in [5.41, 5.74) is -0.634. The normalized spacial score (nSPS) is 14.9. The number of hydrogen-bond donors (Lipinski definition) is 3. The maximum atomic E-state index is 13.6. The van der Waals surface area contributed by atoms with Crippen LogP contribution in [0.2, 0.25) is 5.02 Å². The molecule has 0 aliphatic carbocycles. The maximum absolute atomic E-state index is 13.6. The number of fused-ring (bicyclic) bond motifs is 1. The fourth-order valence-corrected chi connectivity index (χ4v) is 7.05. The van der Waals surface area contributed by atoms with Crippen molar-refractivity contribution in [3.63, 3.8) is 0 Å². The van der Waals surface area contributed by atoms with Crippen molar-refractivity contribution in [2.75, 3.05) is 18.4 Å². The van der Waals surface area contributed by atoms with E-state index in [4.69, 9.17) is 16.3 Å². The summed E-state index contributed by atoms with van der Waals surface area (Å²) in [5.74, 6) is -2.67. The molecule has 1 fully saturated rings. The summed E-state index contributed by atoms with van der Waals surface area (Å²) in [6, 6.07) is 18.8. The number of sulfonamides is 1. The van der Waals surface area contributed by atoms with E-state index in [0.29, 0.717) is 15.4 Å². The Morgan fingerprint density at radius 2 is 1.72 bits per heavy atom. The van der Waals surface area contributed by atoms with Crippen molar-refractivity contribution in [2.45, 2.75) is 23.6 Å². The number of ether oxygens (including phenoxy) is 1. The average Bonchev–Trinajstić information content (AvgIpc) is 3.58. The van der Waals surface area contributed by atoms with Crippen LogP contribution in [0.4, 0.5) is 16.4 Å². The molecule has 256 valence electrons. The van der Waals surface area contributed by atoms with Gasteiger partial charge in [0.2, 0.25) is 5.95 Å². The van der Waals surface area contributed by atoms with Gasteiger partial charge < -0.3 is 9.72 Å². The number of aromatic nitrogens is 4. The first-order valence-corrected chi connectivity index (χ1v) is 16.6. The van der Waals surface area contributed by atoms with Crippen LogP contribution in [-0.2, 0) is 30.9 Å². The van der Waals surface area contributed by atoms with Crippen molar-refractivity contribution >= 4 is 62.2 Å². The lowest BCUT2D eigenvalue weighted by molar-refractivity contribution is -0.387. The van der Waals surface area contributed by atoms with Crippen molar-refractivity contribution in [3.8, 4) is 0 Å². The second-order valence-corrected chi connectivity index (χ2v) is 13.1. The summed E-state index contributed by atoms with van der Waals surface area (Å²) in [4.78, 5) is 74.6. The molecule has 3 heterocycles. The van der Waals surface area contributed by atoms with Gasteiger partial charge >= 0.3 is 6.09 Å². The van der Waals surface area contributed by atoms with Crippen LogP contribution in [0.1, 0.15) is 17.2 Å². The van der Waals surface area contributed by atoms with Gasteiger partial charge in [0, 0.05) is 24.2 Å². The maximum Gasteiger partial charge on any atom is 0.414 e. The molecule has 1 saturated heterocycles. The standard InChI is InChI=1S/C31H25ClN8O9S/c32-20-11-12-23(21(15-20)40(45)46)50(47,48)39-14-13-33-24(29(39)43)22(41)16-38-28(42)25-27(35-17-34-25)36-30(38)37-31(44)49-26(18-7-3-1-4-8-18)19-9-5-2-6-10-19/h1-12,15,17,24,26,33H,13-14,16H2,(H,34,35)(H,36,37,44). The number of imidazole rings is 1. The zero-order valence-electron chi connectivity index (χ0n) is 25.6. The van der Waals surface area contributed by atoms with Gasteiger partial charge in [-0.15, -0.1) is 0 Å². The highest BCUT2D eigenvalue weighted by Gasteiger charge is 2.42. The zero-order chi connectivity index (χ0) is 35.6. The number of hydrogen-bond acceptors (Lipinski definition) is 12. The molecular weight excluding hydrogens is 696 g/mol. The number of nitro benzene ring substituents is 1. The number of carbonyl (C=O) groups excluding carboxylic acids is 3. The molecule has 0 bridgehead atoms. The highest BCUT2D eigenvalue weighted by molar-refractivity contribution is 7.89. The van der Waals surface area contributed by atoms with Gasteiger partial charge in [0.05, 0.1) is 17.8 Å². The van der Waals surface area contributed by atoms with Crippen molar-refractivity contribution in [1.82, 2.24) is 29.1 Å². The lowest BCUT2D eigenvalue weighted by Crippen LogP contribution is -2.60. The molecule has 1 atom stereocenters. The van der Waals surface area contributed by atoms with Crippen molar-refractivity contribution in [3.05, 3.63) is 122 Å². The molecule has 6 rings (SSSR count). The number of halogens is 1. The van der Waals surface area contributed by atoms with E-state index in [9.17, 15) is 37.7 Å². The Morgan fingerprint density at radius 3 is 2.36 bits per heavy atom. The van der Waals surface area contributed by atoms with Gasteiger partial charge in [-0.2, -0.15) is 4.98 Å². The van der Waals surface area contributed by atoms with Gasteiger partial charge in [0.15, 0.2) is 27.9 Å². The Morgan fingerprint density at radius 1 is 1.06 bits per heavy atom. The average molecular weight is 721 g/mol. The Labute approximate surface area is 287 Å². The van der Waals surface area contributed by atoms with Gasteiger partial charge in [-0.3, -0.25) is 39.7 Å². The molecular formula is C31H25ClN8O9S. The molecule has 2 amide bonds. The predicted octanol–water partition coefficient (Wildman–Crippen LogP) is 2.78. The van der Waals surface area contributed by atoms with Crippen molar-refractivity contribution in [2.24, 2.45) is 0 Å². The Hall–Kier alpha value is -5.98. The molecule has 0 spiro atoms. The molecule has 1 aliphatic rings. The fraction of sp³-hybridized carbons (Fsp3) is 0.161. The summed E-state index contributed by atoms with van der Waals surface area (Å²) < 4.78 is 33.9. The minimum absolute atomic E-state index is 0.0923. The molecule has 19 heteroatoms. The van der Waals surface area contributed by atoms with Gasteiger partial charge in [0.1, 0.15) is 6.04 Å². The number of carbonyl (C=O) groups is 3. The summed E-state index contributed by atoms with van der Waals surface area (Å²) in [6.07, 6.45) is -0.736. The van der Waals surface area contributed by atoms with Crippen LogP contribution in [-0.4, -0.2) is 74.1 Å². The first kappa shape index (κ1) is 33.9. The molecule has 0 radical (unpaired) electrons. The molecule has 5 aromatic rings. The van der Waals surface area contributed by atoms with Crippen LogP contribution in [0.15, 0.2) is 94.9 Å². The highest BCUT2D eigenvalue weighted by atomic mass is 35.5. The fourth-order valence-electron chi connectivity index (χ4n) is 5.33. The summed E-state index contributed by atoms with van der Waals surface area (Å²) in [7, 11) is -4.83. The van der Waals surface area contributed by atoms with Crippen molar-refractivity contribution in [1.29, 1.82) is 0 Å². The van der Waals surface area contributed by atoms with E-state index in [1.54, 1.807) is 60.7 Å². The summed E-state index contributed by atoms with van der Waals surface area (Å²) in [5, 5.41) is 16.5. The van der Waals surface area contributed by atoms with Gasteiger partial charge in [0.25, 0.3) is 27.2 Å². The van der Waals surface area contributed by atoms with Crippen LogP contribution in [0, 0.1) is 10.1 Å². The Kier molecular flexibility index (Phi) is 9.40.